The number of esters is 1. The molecular formula is C16H26IN3O3. The van der Waals surface area contributed by atoms with Crippen LogP contribution in [0.3, 0.4) is 0 Å². The molecule has 0 bridgehead atoms. The van der Waals surface area contributed by atoms with Gasteiger partial charge in [0.25, 0.3) is 0 Å². The number of halogens is 1. The van der Waals surface area contributed by atoms with Crippen molar-refractivity contribution in [2.75, 3.05) is 20.7 Å². The van der Waals surface area contributed by atoms with Crippen molar-refractivity contribution >= 4 is 35.9 Å². The molecule has 23 heavy (non-hydrogen) atoms. The normalized spacial score (nSPS) is 11.3. The van der Waals surface area contributed by atoms with Crippen LogP contribution >= 0.6 is 24.0 Å². The van der Waals surface area contributed by atoms with Gasteiger partial charge in [-0.05, 0) is 38.5 Å². The highest BCUT2D eigenvalue weighted by molar-refractivity contribution is 14.0. The molecule has 130 valence electrons. The Hall–Kier alpha value is -1.51. The predicted octanol–water partition coefficient (Wildman–Crippen LogP) is 2.32. The summed E-state index contributed by atoms with van der Waals surface area (Å²) in [4.78, 5) is 15.7. The molecule has 1 aromatic carbocycles. The average Bonchev–Trinajstić information content (AvgIpc) is 2.46. The molecule has 0 aliphatic heterocycles. The Morgan fingerprint density at radius 1 is 1.26 bits per heavy atom. The molecule has 0 atom stereocenters. The van der Waals surface area contributed by atoms with Gasteiger partial charge in [0.1, 0.15) is 17.9 Å². The molecular weight excluding hydrogens is 409 g/mol. The highest BCUT2D eigenvalue weighted by atomic mass is 127. The SMILES string of the molecule is CN=C(NCC(=O)OC(C)(C)C)NCc1cccc(OC)c1.I. The summed E-state index contributed by atoms with van der Waals surface area (Å²) in [6, 6.07) is 7.73. The lowest BCUT2D eigenvalue weighted by atomic mass is 10.2. The second kappa shape index (κ2) is 10.3. The number of guanidine groups is 1. The molecule has 2 N–H and O–H groups in total. The summed E-state index contributed by atoms with van der Waals surface area (Å²) in [6.45, 7) is 6.14. The maximum atomic E-state index is 11.7. The Morgan fingerprint density at radius 2 is 1.96 bits per heavy atom. The van der Waals surface area contributed by atoms with Crippen molar-refractivity contribution in [2.24, 2.45) is 4.99 Å². The average molecular weight is 435 g/mol. The largest absolute Gasteiger partial charge is 0.497 e. The molecule has 1 aromatic rings. The summed E-state index contributed by atoms with van der Waals surface area (Å²) >= 11 is 0. The van der Waals surface area contributed by atoms with Crippen molar-refractivity contribution in [3.63, 3.8) is 0 Å². The highest BCUT2D eigenvalue weighted by Gasteiger charge is 2.16. The first-order valence-corrected chi connectivity index (χ1v) is 7.13. The monoisotopic (exact) mass is 435 g/mol. The number of hydrogen-bond acceptors (Lipinski definition) is 4. The molecule has 0 radical (unpaired) electrons. The summed E-state index contributed by atoms with van der Waals surface area (Å²) < 4.78 is 10.4. The zero-order chi connectivity index (χ0) is 16.6. The number of aliphatic imine (C=N–C) groups is 1. The van der Waals surface area contributed by atoms with Crippen molar-refractivity contribution in [3.8, 4) is 5.75 Å². The fraction of sp³-hybridized carbons (Fsp3) is 0.500. The Kier molecular flexibility index (Phi) is 9.62. The molecule has 0 fully saturated rings. The Morgan fingerprint density at radius 3 is 2.52 bits per heavy atom. The van der Waals surface area contributed by atoms with Crippen LogP contribution in [-0.4, -0.2) is 38.2 Å². The summed E-state index contributed by atoms with van der Waals surface area (Å²) in [5, 5.41) is 6.05. The van der Waals surface area contributed by atoms with Gasteiger partial charge in [-0.25, -0.2) is 0 Å². The molecule has 0 amide bonds. The van der Waals surface area contributed by atoms with Crippen molar-refractivity contribution in [2.45, 2.75) is 32.9 Å². The molecule has 0 spiro atoms. The van der Waals surface area contributed by atoms with Crippen LogP contribution in [0.25, 0.3) is 0 Å². The van der Waals surface area contributed by atoms with E-state index >= 15 is 0 Å². The topological polar surface area (TPSA) is 72.0 Å². The first kappa shape index (κ1) is 21.5. The maximum absolute atomic E-state index is 11.7. The molecule has 0 unspecified atom stereocenters. The van der Waals surface area contributed by atoms with Crippen molar-refractivity contribution < 1.29 is 14.3 Å². The summed E-state index contributed by atoms with van der Waals surface area (Å²) in [5.74, 6) is 1.02. The third kappa shape index (κ3) is 9.27. The lowest BCUT2D eigenvalue weighted by molar-refractivity contribution is -0.153. The fourth-order valence-corrected chi connectivity index (χ4v) is 1.72. The number of carbonyl (C=O) groups is 1. The van der Waals surface area contributed by atoms with Gasteiger partial charge in [0.15, 0.2) is 5.96 Å². The molecule has 0 aliphatic carbocycles. The number of ether oxygens (including phenoxy) is 2. The number of nitrogens with zero attached hydrogens (tertiary/aromatic N) is 1. The van der Waals surface area contributed by atoms with Crippen LogP contribution in [-0.2, 0) is 16.1 Å². The minimum atomic E-state index is -0.490. The third-order valence-electron chi connectivity index (χ3n) is 2.64. The van der Waals surface area contributed by atoms with E-state index in [-0.39, 0.29) is 36.5 Å². The van der Waals surface area contributed by atoms with E-state index in [2.05, 4.69) is 15.6 Å². The number of benzene rings is 1. The number of nitrogens with one attached hydrogen (secondary N) is 2. The Bertz CT molecular complexity index is 528. The number of hydrogen-bond donors (Lipinski definition) is 2. The fourth-order valence-electron chi connectivity index (χ4n) is 1.72. The van der Waals surface area contributed by atoms with Crippen LogP contribution in [0.15, 0.2) is 29.3 Å². The van der Waals surface area contributed by atoms with E-state index in [1.54, 1.807) is 14.2 Å². The van der Waals surface area contributed by atoms with E-state index < -0.39 is 5.60 Å². The van der Waals surface area contributed by atoms with Gasteiger partial charge >= 0.3 is 5.97 Å². The van der Waals surface area contributed by atoms with Gasteiger partial charge in [-0.3, -0.25) is 9.79 Å². The van der Waals surface area contributed by atoms with Gasteiger partial charge in [-0.15, -0.1) is 24.0 Å². The minimum absolute atomic E-state index is 0. The summed E-state index contributed by atoms with van der Waals surface area (Å²) in [6.07, 6.45) is 0. The maximum Gasteiger partial charge on any atom is 0.325 e. The first-order valence-electron chi connectivity index (χ1n) is 7.13. The molecule has 0 saturated carbocycles. The molecule has 0 heterocycles. The number of methoxy groups -OCH3 is 1. The number of rotatable bonds is 5. The predicted molar refractivity (Wildman–Crippen MR) is 102 cm³/mol. The van der Waals surface area contributed by atoms with Crippen LogP contribution in [0.2, 0.25) is 0 Å². The van der Waals surface area contributed by atoms with E-state index in [1.807, 2.05) is 45.0 Å². The first-order chi connectivity index (χ1) is 10.3. The quantitative estimate of drug-likeness (QED) is 0.322. The molecule has 1 rings (SSSR count). The van der Waals surface area contributed by atoms with Gasteiger partial charge in [0.2, 0.25) is 0 Å². The second-order valence-electron chi connectivity index (χ2n) is 5.72. The Labute approximate surface area is 155 Å². The minimum Gasteiger partial charge on any atom is -0.497 e. The lowest BCUT2D eigenvalue weighted by Crippen LogP contribution is -2.41. The molecule has 0 aromatic heterocycles. The molecule has 0 aliphatic rings. The van der Waals surface area contributed by atoms with Gasteiger partial charge in [-0.1, -0.05) is 12.1 Å². The molecule has 7 heteroatoms. The van der Waals surface area contributed by atoms with Gasteiger partial charge in [0.05, 0.1) is 7.11 Å². The molecule has 0 saturated heterocycles. The van der Waals surface area contributed by atoms with E-state index in [0.29, 0.717) is 12.5 Å². The van der Waals surface area contributed by atoms with E-state index in [4.69, 9.17) is 9.47 Å². The molecule has 6 nitrogen and oxygen atoms in total. The van der Waals surface area contributed by atoms with Crippen LogP contribution in [0.5, 0.6) is 5.75 Å². The highest BCUT2D eigenvalue weighted by Crippen LogP contribution is 2.12. The van der Waals surface area contributed by atoms with Crippen LogP contribution in [0.1, 0.15) is 26.3 Å². The van der Waals surface area contributed by atoms with Crippen LogP contribution in [0.4, 0.5) is 0 Å². The Balaban J connectivity index is 0.00000484. The van der Waals surface area contributed by atoms with E-state index in [0.717, 1.165) is 11.3 Å². The van der Waals surface area contributed by atoms with E-state index in [1.165, 1.54) is 0 Å². The summed E-state index contributed by atoms with van der Waals surface area (Å²) in [5.41, 5.74) is 0.565. The zero-order valence-corrected chi connectivity index (χ0v) is 16.6. The van der Waals surface area contributed by atoms with Gasteiger partial charge in [-0.2, -0.15) is 0 Å². The zero-order valence-electron chi connectivity index (χ0n) is 14.3. The van der Waals surface area contributed by atoms with Crippen molar-refractivity contribution in [3.05, 3.63) is 29.8 Å². The van der Waals surface area contributed by atoms with Crippen LogP contribution < -0.4 is 15.4 Å². The third-order valence-corrected chi connectivity index (χ3v) is 2.64. The second-order valence-corrected chi connectivity index (χ2v) is 5.72. The standard InChI is InChI=1S/C16H25N3O3.HI/c1-16(2,3)22-14(20)11-19-15(17-4)18-10-12-7-6-8-13(9-12)21-5;/h6-9H,10-11H2,1-5H3,(H2,17,18,19);1H. The van der Waals surface area contributed by atoms with Crippen molar-refractivity contribution in [1.29, 1.82) is 0 Å². The van der Waals surface area contributed by atoms with Gasteiger partial charge in [0, 0.05) is 13.6 Å². The van der Waals surface area contributed by atoms with Crippen molar-refractivity contribution in [1.82, 2.24) is 10.6 Å². The lowest BCUT2D eigenvalue weighted by Gasteiger charge is -2.20. The smallest absolute Gasteiger partial charge is 0.325 e. The summed E-state index contributed by atoms with van der Waals surface area (Å²) in [7, 11) is 3.28. The van der Waals surface area contributed by atoms with Gasteiger partial charge < -0.3 is 20.1 Å². The number of carbonyl (C=O) groups excluding carboxylic acids is 1. The van der Waals surface area contributed by atoms with Crippen LogP contribution in [0, 0.1) is 0 Å². The van der Waals surface area contributed by atoms with E-state index in [9.17, 15) is 4.79 Å².